The molecule has 0 aromatic rings. The van der Waals surface area contributed by atoms with Crippen LogP contribution < -0.4 is 11.5 Å². The van der Waals surface area contributed by atoms with Gasteiger partial charge in [0, 0.05) is 0 Å². The first kappa shape index (κ1) is 12.4. The highest BCUT2D eigenvalue weighted by Gasteiger charge is 2.16. The summed E-state index contributed by atoms with van der Waals surface area (Å²) in [6.07, 6.45) is 1.30. The van der Waals surface area contributed by atoms with Crippen molar-refractivity contribution in [3.05, 3.63) is 0 Å². The molecule has 0 aromatic carbocycles. The zero-order chi connectivity index (χ0) is 10.4. The summed E-state index contributed by atoms with van der Waals surface area (Å²) in [7, 11) is 0. The van der Waals surface area contributed by atoms with Gasteiger partial charge in [-0.05, 0) is 31.2 Å². The van der Waals surface area contributed by atoms with Gasteiger partial charge in [0.05, 0.1) is 0 Å². The Morgan fingerprint density at radius 1 is 1.38 bits per heavy atom. The topological polar surface area (TPSA) is 89.3 Å². The van der Waals surface area contributed by atoms with Gasteiger partial charge in [-0.25, -0.2) is 0 Å². The van der Waals surface area contributed by atoms with Crippen LogP contribution >= 0.6 is 0 Å². The van der Waals surface area contributed by atoms with E-state index in [1.165, 1.54) is 0 Å². The second kappa shape index (κ2) is 5.94. The summed E-state index contributed by atoms with van der Waals surface area (Å²) in [5.41, 5.74) is 10.9. The van der Waals surface area contributed by atoms with Crippen LogP contribution in [0.4, 0.5) is 0 Å². The van der Waals surface area contributed by atoms with E-state index >= 15 is 0 Å². The zero-order valence-electron chi connectivity index (χ0n) is 8.36. The van der Waals surface area contributed by atoms with Gasteiger partial charge in [-0.3, -0.25) is 4.79 Å². The zero-order valence-corrected chi connectivity index (χ0v) is 8.36. The lowest BCUT2D eigenvalue weighted by molar-refractivity contribution is -0.138. The van der Waals surface area contributed by atoms with Gasteiger partial charge in [0.1, 0.15) is 6.04 Å². The molecule has 0 aliphatic rings. The second-order valence-electron chi connectivity index (χ2n) is 3.76. The quantitative estimate of drug-likeness (QED) is 0.563. The van der Waals surface area contributed by atoms with E-state index in [4.69, 9.17) is 16.6 Å². The van der Waals surface area contributed by atoms with Crippen LogP contribution in [0.25, 0.3) is 0 Å². The molecule has 0 aliphatic carbocycles. The first-order chi connectivity index (χ1) is 5.99. The van der Waals surface area contributed by atoms with Gasteiger partial charge in [0.25, 0.3) is 0 Å². The maximum atomic E-state index is 10.4. The van der Waals surface area contributed by atoms with Crippen molar-refractivity contribution < 1.29 is 9.90 Å². The van der Waals surface area contributed by atoms with E-state index in [9.17, 15) is 4.79 Å². The molecule has 78 valence electrons. The lowest BCUT2D eigenvalue weighted by Crippen LogP contribution is -2.32. The van der Waals surface area contributed by atoms with Crippen molar-refractivity contribution in [2.45, 2.75) is 32.7 Å². The molecule has 13 heavy (non-hydrogen) atoms. The Balaban J connectivity index is 3.78. The highest BCUT2D eigenvalue weighted by molar-refractivity contribution is 5.72. The molecule has 4 heteroatoms. The first-order valence-electron chi connectivity index (χ1n) is 4.67. The van der Waals surface area contributed by atoms with Gasteiger partial charge in [0.15, 0.2) is 0 Å². The van der Waals surface area contributed by atoms with E-state index in [2.05, 4.69) is 13.8 Å². The van der Waals surface area contributed by atoms with Gasteiger partial charge in [-0.1, -0.05) is 13.8 Å². The summed E-state index contributed by atoms with van der Waals surface area (Å²) in [5.74, 6) is -0.0593. The Labute approximate surface area is 79.3 Å². The molecule has 0 bridgehead atoms. The number of hydrogen-bond acceptors (Lipinski definition) is 3. The molecule has 0 saturated heterocycles. The standard InChI is InChI=1S/C9H20N2O2/c1-6(2)7(5-10)3-4-8(11)9(12)13/h6-8H,3-5,10-11H2,1-2H3,(H,12,13)/t7?,8-/m1/s1. The number of aliphatic carboxylic acids is 1. The number of carboxylic acids is 1. The fraction of sp³-hybridized carbons (Fsp3) is 0.889. The molecule has 0 heterocycles. The van der Waals surface area contributed by atoms with Crippen molar-refractivity contribution in [2.24, 2.45) is 23.3 Å². The summed E-state index contributed by atoms with van der Waals surface area (Å²) >= 11 is 0. The van der Waals surface area contributed by atoms with Crippen LogP contribution in [0.15, 0.2) is 0 Å². The van der Waals surface area contributed by atoms with Crippen molar-refractivity contribution in [3.63, 3.8) is 0 Å². The van der Waals surface area contributed by atoms with Crippen molar-refractivity contribution >= 4 is 5.97 Å². The van der Waals surface area contributed by atoms with Crippen LogP contribution in [-0.2, 0) is 4.79 Å². The third-order valence-corrected chi connectivity index (χ3v) is 2.41. The highest BCUT2D eigenvalue weighted by Crippen LogP contribution is 2.16. The molecule has 0 amide bonds. The molecule has 0 aromatic heterocycles. The van der Waals surface area contributed by atoms with E-state index in [1.54, 1.807) is 0 Å². The van der Waals surface area contributed by atoms with Crippen LogP contribution in [-0.4, -0.2) is 23.7 Å². The Morgan fingerprint density at radius 3 is 2.23 bits per heavy atom. The fourth-order valence-corrected chi connectivity index (χ4v) is 1.24. The van der Waals surface area contributed by atoms with Crippen molar-refractivity contribution in [3.8, 4) is 0 Å². The molecule has 0 fully saturated rings. The number of hydrogen-bond donors (Lipinski definition) is 3. The van der Waals surface area contributed by atoms with E-state index in [0.29, 0.717) is 24.8 Å². The summed E-state index contributed by atoms with van der Waals surface area (Å²) < 4.78 is 0. The van der Waals surface area contributed by atoms with E-state index < -0.39 is 12.0 Å². The summed E-state index contributed by atoms with van der Waals surface area (Å²) in [4.78, 5) is 10.4. The summed E-state index contributed by atoms with van der Waals surface area (Å²) in [6, 6.07) is -0.743. The van der Waals surface area contributed by atoms with Gasteiger partial charge < -0.3 is 16.6 Å². The Bertz CT molecular complexity index is 160. The van der Waals surface area contributed by atoms with Crippen LogP contribution in [0.5, 0.6) is 0 Å². The Morgan fingerprint density at radius 2 is 1.92 bits per heavy atom. The van der Waals surface area contributed by atoms with Crippen molar-refractivity contribution in [1.82, 2.24) is 0 Å². The average molecular weight is 188 g/mol. The second-order valence-corrected chi connectivity index (χ2v) is 3.76. The highest BCUT2D eigenvalue weighted by atomic mass is 16.4. The molecule has 0 radical (unpaired) electrons. The van der Waals surface area contributed by atoms with Crippen LogP contribution in [0.2, 0.25) is 0 Å². The average Bonchev–Trinajstić information content (AvgIpc) is 2.04. The fourth-order valence-electron chi connectivity index (χ4n) is 1.24. The number of carbonyl (C=O) groups is 1. The van der Waals surface area contributed by atoms with E-state index in [-0.39, 0.29) is 0 Å². The third kappa shape index (κ3) is 4.85. The maximum Gasteiger partial charge on any atom is 0.320 e. The van der Waals surface area contributed by atoms with Crippen LogP contribution in [0.3, 0.4) is 0 Å². The lowest BCUT2D eigenvalue weighted by Gasteiger charge is -2.19. The molecule has 4 nitrogen and oxygen atoms in total. The van der Waals surface area contributed by atoms with Crippen LogP contribution in [0.1, 0.15) is 26.7 Å². The first-order valence-corrected chi connectivity index (χ1v) is 4.67. The number of carboxylic acid groups (broad SMARTS) is 1. The van der Waals surface area contributed by atoms with E-state index in [1.807, 2.05) is 0 Å². The van der Waals surface area contributed by atoms with Crippen molar-refractivity contribution in [1.29, 1.82) is 0 Å². The normalized spacial score (nSPS) is 15.8. The van der Waals surface area contributed by atoms with Gasteiger partial charge >= 0.3 is 5.97 Å². The molecule has 5 N–H and O–H groups in total. The third-order valence-electron chi connectivity index (χ3n) is 2.41. The maximum absolute atomic E-state index is 10.4. The predicted molar refractivity (Wildman–Crippen MR) is 52.2 cm³/mol. The summed E-state index contributed by atoms with van der Waals surface area (Å²) in [5, 5.41) is 8.55. The molecule has 0 saturated carbocycles. The smallest absolute Gasteiger partial charge is 0.320 e. The molecule has 1 unspecified atom stereocenters. The number of rotatable bonds is 6. The predicted octanol–water partition coefficient (Wildman–Crippen LogP) is 0.409. The van der Waals surface area contributed by atoms with Gasteiger partial charge in [-0.15, -0.1) is 0 Å². The SMILES string of the molecule is CC(C)C(CN)CC[C@@H](N)C(=O)O. The Hall–Kier alpha value is -0.610. The lowest BCUT2D eigenvalue weighted by atomic mass is 9.90. The molecule has 2 atom stereocenters. The molecule has 0 spiro atoms. The van der Waals surface area contributed by atoms with E-state index in [0.717, 1.165) is 6.42 Å². The molecule has 0 rings (SSSR count). The summed E-state index contributed by atoms with van der Waals surface area (Å²) in [6.45, 7) is 4.78. The minimum absolute atomic E-state index is 0.380. The largest absolute Gasteiger partial charge is 0.480 e. The van der Waals surface area contributed by atoms with Crippen LogP contribution in [0, 0.1) is 11.8 Å². The van der Waals surface area contributed by atoms with Gasteiger partial charge in [-0.2, -0.15) is 0 Å². The molecular formula is C9H20N2O2. The monoisotopic (exact) mass is 188 g/mol. The van der Waals surface area contributed by atoms with Gasteiger partial charge in [0.2, 0.25) is 0 Å². The number of nitrogens with two attached hydrogens (primary N) is 2. The molecule has 0 aliphatic heterocycles. The minimum atomic E-state index is -0.931. The van der Waals surface area contributed by atoms with Crippen molar-refractivity contribution in [2.75, 3.05) is 6.54 Å². The molecular weight excluding hydrogens is 168 g/mol. The Kier molecular flexibility index (Phi) is 5.66. The minimum Gasteiger partial charge on any atom is -0.480 e.